The largest absolute Gasteiger partial charge is 0.454 e. The van der Waals surface area contributed by atoms with Crippen molar-refractivity contribution in [3.63, 3.8) is 0 Å². The first-order valence-corrected chi connectivity index (χ1v) is 22.9. The molecule has 0 unspecified atom stereocenters. The van der Waals surface area contributed by atoms with Gasteiger partial charge in [-0.15, -0.1) is 0 Å². The topological polar surface area (TPSA) is 21.3 Å². The summed E-state index contributed by atoms with van der Waals surface area (Å²) in [5.74, 6) is 0. The number of anilines is 3. The lowest BCUT2D eigenvalue weighted by molar-refractivity contribution is 0.669. The van der Waals surface area contributed by atoms with Crippen LogP contribution in [0.4, 0.5) is 17.1 Å². The second kappa shape index (κ2) is 16.0. The van der Waals surface area contributed by atoms with Crippen LogP contribution in [0.1, 0.15) is 0 Å². The number of hydrogen-bond donors (Lipinski definition) is 0. The van der Waals surface area contributed by atoms with Crippen LogP contribution in [0.5, 0.6) is 0 Å². The summed E-state index contributed by atoms with van der Waals surface area (Å²) < 4.78 is 9.21. The maximum atomic E-state index is 6.81. The Morgan fingerprint density at radius 1 is 0.313 bits per heavy atom. The van der Waals surface area contributed by atoms with E-state index in [1.54, 1.807) is 0 Å². The van der Waals surface area contributed by atoms with E-state index in [2.05, 4.69) is 258 Å². The highest BCUT2D eigenvalue weighted by molar-refractivity contribution is 6.23. The van der Waals surface area contributed by atoms with Gasteiger partial charge in [-0.05, 0) is 128 Å². The molecule has 0 radical (unpaired) electrons. The molecule has 3 heteroatoms. The lowest BCUT2D eigenvalue weighted by Crippen LogP contribution is -2.10. The fourth-order valence-electron chi connectivity index (χ4n) is 10.1. The minimum absolute atomic E-state index is 0.865. The Morgan fingerprint density at radius 3 is 1.27 bits per heavy atom. The fourth-order valence-corrected chi connectivity index (χ4v) is 10.1. The predicted octanol–water partition coefficient (Wildman–Crippen LogP) is 18.0. The van der Waals surface area contributed by atoms with E-state index in [-0.39, 0.29) is 0 Å². The lowest BCUT2D eigenvalue weighted by atomic mass is 10.0. The van der Waals surface area contributed by atoms with Crippen molar-refractivity contribution in [3.8, 4) is 50.2 Å². The maximum Gasteiger partial charge on any atom is 0.160 e. The summed E-state index contributed by atoms with van der Waals surface area (Å²) in [6.45, 7) is 0. The number of furan rings is 1. The van der Waals surface area contributed by atoms with Gasteiger partial charge in [-0.25, -0.2) is 0 Å². The van der Waals surface area contributed by atoms with Crippen LogP contribution in [0.25, 0.3) is 105 Å². The molecule has 13 aromatic rings. The first-order chi connectivity index (χ1) is 33.2. The molecule has 0 N–H and O–H groups in total. The molecule has 0 aliphatic rings. The zero-order valence-corrected chi connectivity index (χ0v) is 36.6. The minimum Gasteiger partial charge on any atom is -0.454 e. The van der Waals surface area contributed by atoms with Gasteiger partial charge in [-0.1, -0.05) is 182 Å². The molecule has 0 fully saturated rings. The zero-order valence-electron chi connectivity index (χ0n) is 36.6. The normalized spacial score (nSPS) is 11.6. The molecule has 0 atom stereocenters. The van der Waals surface area contributed by atoms with Gasteiger partial charge >= 0.3 is 0 Å². The first-order valence-electron chi connectivity index (χ1n) is 22.9. The van der Waals surface area contributed by atoms with Crippen molar-refractivity contribution in [2.75, 3.05) is 4.90 Å². The molecule has 0 amide bonds. The Labute approximate surface area is 388 Å². The van der Waals surface area contributed by atoms with Crippen molar-refractivity contribution in [1.82, 2.24) is 4.57 Å². The average molecular weight is 855 g/mol. The van der Waals surface area contributed by atoms with Crippen LogP contribution in [-0.2, 0) is 0 Å². The summed E-state index contributed by atoms with van der Waals surface area (Å²) in [5.41, 5.74) is 17.8. The van der Waals surface area contributed by atoms with E-state index in [4.69, 9.17) is 4.42 Å². The van der Waals surface area contributed by atoms with E-state index in [1.807, 2.05) is 6.07 Å². The van der Waals surface area contributed by atoms with Gasteiger partial charge in [0.25, 0.3) is 0 Å². The van der Waals surface area contributed by atoms with Crippen LogP contribution in [0.3, 0.4) is 0 Å². The van der Waals surface area contributed by atoms with Crippen molar-refractivity contribution in [2.45, 2.75) is 0 Å². The number of aromatic nitrogens is 1. The molecule has 0 saturated heterocycles. The Balaban J connectivity index is 0.906. The summed E-state index contributed by atoms with van der Waals surface area (Å²) in [7, 11) is 0. The van der Waals surface area contributed by atoms with Crippen LogP contribution in [-0.4, -0.2) is 4.57 Å². The second-order valence-corrected chi connectivity index (χ2v) is 17.3. The van der Waals surface area contributed by atoms with Gasteiger partial charge < -0.3 is 13.9 Å². The highest BCUT2D eigenvalue weighted by Gasteiger charge is 2.22. The van der Waals surface area contributed by atoms with Crippen molar-refractivity contribution >= 4 is 71.6 Å². The van der Waals surface area contributed by atoms with Crippen molar-refractivity contribution in [2.24, 2.45) is 0 Å². The van der Waals surface area contributed by atoms with Gasteiger partial charge in [0.2, 0.25) is 0 Å². The van der Waals surface area contributed by atoms with Crippen LogP contribution in [0.2, 0.25) is 0 Å². The lowest BCUT2D eigenvalue weighted by Gasteiger charge is -2.26. The average Bonchev–Trinajstić information content (AvgIpc) is 3.96. The maximum absolute atomic E-state index is 6.81. The van der Waals surface area contributed by atoms with Gasteiger partial charge in [0.05, 0.1) is 16.7 Å². The molecule has 0 saturated carbocycles. The summed E-state index contributed by atoms with van der Waals surface area (Å²) in [5, 5.41) is 7.06. The smallest absolute Gasteiger partial charge is 0.160 e. The summed E-state index contributed by atoms with van der Waals surface area (Å²) in [4.78, 5) is 2.34. The van der Waals surface area contributed by atoms with E-state index >= 15 is 0 Å². The van der Waals surface area contributed by atoms with Crippen LogP contribution in [0, 0.1) is 0 Å². The minimum atomic E-state index is 0.865. The molecule has 0 aliphatic heterocycles. The molecule has 2 heterocycles. The third kappa shape index (κ3) is 6.67. The molecule has 2 aromatic heterocycles. The highest BCUT2D eigenvalue weighted by Crippen LogP contribution is 2.46. The fraction of sp³-hybridized carbons (Fsp3) is 0. The van der Waals surface area contributed by atoms with Crippen molar-refractivity contribution in [1.29, 1.82) is 0 Å². The standard InChI is InChI=1S/C64H42N2O/c1-4-14-43(15-5-1)46-24-32-52(33-25-46)65(61-42-51-20-10-11-21-55(51)63-56-22-12-13-23-62(56)67-64(61)63)53-34-26-47(27-35-53)48-28-36-54(37-29-48)66-59-38-30-49(44-16-6-2-7-17-44)40-57(59)58-41-50(31-39-60(58)66)45-18-8-3-9-19-45/h1-42H. The van der Waals surface area contributed by atoms with E-state index in [0.717, 1.165) is 61.2 Å². The SMILES string of the molecule is c1ccc(-c2ccc(N(c3ccc(-c4ccc(-n5c6ccc(-c7ccccc7)cc6c6cc(-c7ccccc7)ccc65)cc4)cc3)c3cc4ccccc4c4c3oc3ccccc34)cc2)cc1. The number of para-hydroxylation sites is 1. The third-order valence-corrected chi connectivity index (χ3v) is 13.4. The summed E-state index contributed by atoms with van der Waals surface area (Å²) >= 11 is 0. The van der Waals surface area contributed by atoms with Crippen molar-refractivity contribution < 1.29 is 4.42 Å². The Kier molecular flexibility index (Phi) is 9.17. The Morgan fingerprint density at radius 2 is 0.731 bits per heavy atom. The quantitative estimate of drug-likeness (QED) is 0.152. The van der Waals surface area contributed by atoms with E-state index < -0.39 is 0 Å². The van der Waals surface area contributed by atoms with E-state index in [0.29, 0.717) is 0 Å². The number of nitrogens with zero attached hydrogens (tertiary/aromatic N) is 2. The molecule has 0 spiro atoms. The Bertz CT molecular complexity index is 3830. The number of rotatable bonds is 8. The zero-order chi connectivity index (χ0) is 44.3. The summed E-state index contributed by atoms with van der Waals surface area (Å²) in [6, 6.07) is 91.7. The van der Waals surface area contributed by atoms with Gasteiger partial charge in [0.1, 0.15) is 5.58 Å². The molecule has 11 aromatic carbocycles. The highest BCUT2D eigenvalue weighted by atomic mass is 16.3. The molecule has 13 rings (SSSR count). The number of fused-ring (bicyclic) bond motifs is 8. The van der Waals surface area contributed by atoms with Crippen LogP contribution >= 0.6 is 0 Å². The van der Waals surface area contributed by atoms with Crippen LogP contribution in [0.15, 0.2) is 259 Å². The van der Waals surface area contributed by atoms with Crippen molar-refractivity contribution in [3.05, 3.63) is 255 Å². The third-order valence-electron chi connectivity index (χ3n) is 13.4. The van der Waals surface area contributed by atoms with E-state index in [1.165, 1.54) is 60.6 Å². The number of benzene rings is 11. The van der Waals surface area contributed by atoms with Gasteiger partial charge in [0.15, 0.2) is 5.58 Å². The molecule has 3 nitrogen and oxygen atoms in total. The second-order valence-electron chi connectivity index (χ2n) is 17.3. The van der Waals surface area contributed by atoms with Gasteiger partial charge in [-0.2, -0.15) is 0 Å². The van der Waals surface area contributed by atoms with Gasteiger partial charge in [0, 0.05) is 38.6 Å². The monoisotopic (exact) mass is 854 g/mol. The molecule has 314 valence electrons. The molecule has 0 aliphatic carbocycles. The van der Waals surface area contributed by atoms with Gasteiger partial charge in [-0.3, -0.25) is 0 Å². The number of hydrogen-bond acceptors (Lipinski definition) is 2. The predicted molar refractivity (Wildman–Crippen MR) is 282 cm³/mol. The molecular formula is C64H42N2O. The molecular weight excluding hydrogens is 813 g/mol. The van der Waals surface area contributed by atoms with Crippen LogP contribution < -0.4 is 4.90 Å². The Hall–Kier alpha value is -8.92. The molecule has 67 heavy (non-hydrogen) atoms. The summed E-state index contributed by atoms with van der Waals surface area (Å²) in [6.07, 6.45) is 0. The first kappa shape index (κ1) is 38.5. The molecule has 0 bridgehead atoms. The van der Waals surface area contributed by atoms with E-state index in [9.17, 15) is 0 Å².